The molecule has 8 nitrogen and oxygen atoms in total. The fourth-order valence-electron chi connectivity index (χ4n) is 3.56. The monoisotopic (exact) mass is 466 g/mol. The van der Waals surface area contributed by atoms with Crippen molar-refractivity contribution in [1.29, 1.82) is 0 Å². The largest absolute Gasteiger partial charge is 0.351 e. The topological polar surface area (TPSA) is 122 Å². The number of anilines is 1. The summed E-state index contributed by atoms with van der Waals surface area (Å²) < 4.78 is 53.1. The van der Waals surface area contributed by atoms with Crippen LogP contribution in [0.1, 0.15) is 31.4 Å². The summed E-state index contributed by atoms with van der Waals surface area (Å²) in [5.74, 6) is -2.91. The summed E-state index contributed by atoms with van der Waals surface area (Å²) in [5, 5.41) is 5.37. The molecule has 11 heteroatoms. The first kappa shape index (κ1) is 23.6. The molecule has 0 aliphatic carbocycles. The molecule has 0 bridgehead atoms. The van der Waals surface area contributed by atoms with E-state index in [0.717, 1.165) is 17.7 Å². The number of primary amides is 1. The number of halogens is 2. The van der Waals surface area contributed by atoms with E-state index < -0.39 is 27.7 Å². The predicted octanol–water partition coefficient (Wildman–Crippen LogP) is 2.73. The summed E-state index contributed by atoms with van der Waals surface area (Å²) in [6, 6.07) is 8.36. The molecule has 1 heterocycles. The summed E-state index contributed by atoms with van der Waals surface area (Å²) >= 11 is 0. The molecular weight excluding hydrogens is 442 g/mol. The molecule has 3 amide bonds. The molecule has 1 fully saturated rings. The highest BCUT2D eigenvalue weighted by Crippen LogP contribution is 2.26. The Kier molecular flexibility index (Phi) is 7.09. The molecule has 1 unspecified atom stereocenters. The predicted molar refractivity (Wildman–Crippen MR) is 114 cm³/mol. The second-order valence-electron chi connectivity index (χ2n) is 7.60. The van der Waals surface area contributed by atoms with Crippen LogP contribution >= 0.6 is 0 Å². The first-order valence-corrected chi connectivity index (χ1v) is 11.4. The van der Waals surface area contributed by atoms with Crippen LogP contribution in [0.3, 0.4) is 0 Å². The lowest BCUT2D eigenvalue weighted by atomic mass is 9.96. The Morgan fingerprint density at radius 3 is 2.25 bits per heavy atom. The number of nitrogens with zero attached hydrogens (tertiary/aromatic N) is 1. The van der Waals surface area contributed by atoms with Gasteiger partial charge in [-0.05, 0) is 55.7 Å². The number of carbonyl (C=O) groups excluding carboxylic acids is 2. The fraction of sp³-hybridized carbons (Fsp3) is 0.333. The van der Waals surface area contributed by atoms with E-state index in [2.05, 4.69) is 10.6 Å². The highest BCUT2D eigenvalue weighted by atomic mass is 32.2. The van der Waals surface area contributed by atoms with E-state index in [1.165, 1.54) is 4.31 Å². The van der Waals surface area contributed by atoms with Gasteiger partial charge in [0.25, 0.3) is 0 Å². The van der Waals surface area contributed by atoms with Crippen LogP contribution in [0.2, 0.25) is 0 Å². The number of nitrogens with one attached hydrogen (secondary N) is 2. The zero-order valence-electron chi connectivity index (χ0n) is 17.3. The van der Waals surface area contributed by atoms with E-state index in [9.17, 15) is 26.8 Å². The van der Waals surface area contributed by atoms with Crippen molar-refractivity contribution >= 4 is 27.6 Å². The normalized spacial score (nSPS) is 16.3. The first-order valence-electron chi connectivity index (χ1n) is 10.00. The molecule has 0 saturated carbocycles. The number of amides is 3. The van der Waals surface area contributed by atoms with Crippen LogP contribution in [0.5, 0.6) is 0 Å². The number of rotatable bonds is 6. The SMILES string of the molecule is CC(NC(=O)C1CCN(S(=O)(=O)c2ccc(F)c(F)c2)CC1)c1ccc(NC(N)=O)cc1. The van der Waals surface area contributed by atoms with Gasteiger partial charge in [0, 0.05) is 24.7 Å². The number of hydrogen-bond donors (Lipinski definition) is 3. The van der Waals surface area contributed by atoms with Crippen molar-refractivity contribution in [3.63, 3.8) is 0 Å². The second-order valence-corrected chi connectivity index (χ2v) is 9.53. The quantitative estimate of drug-likeness (QED) is 0.606. The average Bonchev–Trinajstić information content (AvgIpc) is 2.75. The minimum Gasteiger partial charge on any atom is -0.351 e. The molecule has 1 saturated heterocycles. The van der Waals surface area contributed by atoms with Crippen LogP contribution in [0.15, 0.2) is 47.4 Å². The number of benzene rings is 2. The lowest BCUT2D eigenvalue weighted by molar-refractivity contribution is -0.126. The van der Waals surface area contributed by atoms with Gasteiger partial charge in [-0.15, -0.1) is 0 Å². The van der Waals surface area contributed by atoms with Gasteiger partial charge in [0.05, 0.1) is 10.9 Å². The molecule has 2 aromatic rings. The van der Waals surface area contributed by atoms with Gasteiger partial charge in [-0.2, -0.15) is 4.31 Å². The Morgan fingerprint density at radius 2 is 1.69 bits per heavy atom. The number of urea groups is 1. The number of sulfonamides is 1. The zero-order valence-corrected chi connectivity index (χ0v) is 18.2. The maximum atomic E-state index is 13.4. The summed E-state index contributed by atoms with van der Waals surface area (Å²) in [4.78, 5) is 23.2. The van der Waals surface area contributed by atoms with Crippen molar-refractivity contribution in [3.8, 4) is 0 Å². The molecule has 0 aromatic heterocycles. The first-order chi connectivity index (χ1) is 15.1. The number of hydrogen-bond acceptors (Lipinski definition) is 4. The Hall–Kier alpha value is -3.05. The molecule has 172 valence electrons. The molecule has 4 N–H and O–H groups in total. The Labute approximate surface area is 184 Å². The third-order valence-electron chi connectivity index (χ3n) is 5.39. The fourth-order valence-corrected chi connectivity index (χ4v) is 5.04. The van der Waals surface area contributed by atoms with Crippen molar-refractivity contribution < 1.29 is 26.8 Å². The van der Waals surface area contributed by atoms with E-state index in [1.54, 1.807) is 24.3 Å². The van der Waals surface area contributed by atoms with E-state index >= 15 is 0 Å². The van der Waals surface area contributed by atoms with Gasteiger partial charge in [0.2, 0.25) is 15.9 Å². The van der Waals surface area contributed by atoms with Gasteiger partial charge in [-0.1, -0.05) is 12.1 Å². The molecule has 1 atom stereocenters. The highest BCUT2D eigenvalue weighted by Gasteiger charge is 2.33. The van der Waals surface area contributed by atoms with Crippen molar-refractivity contribution in [2.24, 2.45) is 11.7 Å². The molecule has 0 radical (unpaired) electrons. The molecule has 32 heavy (non-hydrogen) atoms. The molecule has 1 aliphatic rings. The number of nitrogens with two attached hydrogens (primary N) is 1. The summed E-state index contributed by atoms with van der Waals surface area (Å²) in [5.41, 5.74) is 6.44. The number of carbonyl (C=O) groups is 2. The maximum absolute atomic E-state index is 13.4. The molecule has 2 aromatic carbocycles. The minimum atomic E-state index is -3.97. The molecule has 0 spiro atoms. The van der Waals surface area contributed by atoms with Gasteiger partial charge < -0.3 is 16.4 Å². The standard InChI is InChI=1S/C21H24F2N4O4S/c1-13(14-2-4-16(5-3-14)26-21(24)29)25-20(28)15-8-10-27(11-9-15)32(30,31)17-6-7-18(22)19(23)12-17/h2-7,12-13,15H,8-11H2,1H3,(H,25,28)(H3,24,26,29). The van der Waals surface area contributed by atoms with E-state index in [0.29, 0.717) is 24.6 Å². The highest BCUT2D eigenvalue weighted by molar-refractivity contribution is 7.89. The third kappa shape index (κ3) is 5.40. The van der Waals surface area contributed by atoms with Gasteiger partial charge in [0.1, 0.15) is 0 Å². The molecular formula is C21H24F2N4O4S. The van der Waals surface area contributed by atoms with Gasteiger partial charge in [-0.3, -0.25) is 4.79 Å². The smallest absolute Gasteiger partial charge is 0.316 e. The van der Waals surface area contributed by atoms with Crippen molar-refractivity contribution in [2.75, 3.05) is 18.4 Å². The van der Waals surface area contributed by atoms with Crippen LogP contribution in [0.25, 0.3) is 0 Å². The minimum absolute atomic E-state index is 0.0985. The van der Waals surface area contributed by atoms with Crippen LogP contribution in [0, 0.1) is 17.6 Å². The van der Waals surface area contributed by atoms with Crippen molar-refractivity contribution in [2.45, 2.75) is 30.7 Å². The lowest BCUT2D eigenvalue weighted by Gasteiger charge is -2.31. The lowest BCUT2D eigenvalue weighted by Crippen LogP contribution is -2.43. The average molecular weight is 467 g/mol. The van der Waals surface area contributed by atoms with E-state index in [4.69, 9.17) is 5.73 Å². The maximum Gasteiger partial charge on any atom is 0.316 e. The van der Waals surface area contributed by atoms with Gasteiger partial charge in [0.15, 0.2) is 11.6 Å². The second kappa shape index (κ2) is 9.61. The van der Waals surface area contributed by atoms with Crippen molar-refractivity contribution in [3.05, 3.63) is 59.7 Å². The van der Waals surface area contributed by atoms with Gasteiger partial charge >= 0.3 is 6.03 Å². The Bertz CT molecular complexity index is 1100. The van der Waals surface area contributed by atoms with Gasteiger partial charge in [-0.25, -0.2) is 22.0 Å². The van der Waals surface area contributed by atoms with Crippen LogP contribution in [-0.4, -0.2) is 37.8 Å². The third-order valence-corrected chi connectivity index (χ3v) is 7.29. The Balaban J connectivity index is 1.56. The van der Waals surface area contributed by atoms with E-state index in [-0.39, 0.29) is 35.9 Å². The number of piperidine rings is 1. The zero-order chi connectivity index (χ0) is 23.5. The summed E-state index contributed by atoms with van der Waals surface area (Å²) in [7, 11) is -3.97. The molecule has 1 aliphatic heterocycles. The summed E-state index contributed by atoms with van der Waals surface area (Å²) in [6.07, 6.45) is 0.617. The Morgan fingerprint density at radius 1 is 1.06 bits per heavy atom. The van der Waals surface area contributed by atoms with E-state index in [1.807, 2.05) is 6.92 Å². The molecule has 3 rings (SSSR count). The van der Waals surface area contributed by atoms with Crippen LogP contribution in [-0.2, 0) is 14.8 Å². The van der Waals surface area contributed by atoms with Crippen LogP contribution < -0.4 is 16.4 Å². The van der Waals surface area contributed by atoms with Crippen molar-refractivity contribution in [1.82, 2.24) is 9.62 Å². The van der Waals surface area contributed by atoms with Crippen LogP contribution in [0.4, 0.5) is 19.3 Å². The summed E-state index contributed by atoms with van der Waals surface area (Å²) in [6.45, 7) is 2.01.